The van der Waals surface area contributed by atoms with E-state index in [-0.39, 0.29) is 28.2 Å². The molecule has 0 aliphatic rings. The van der Waals surface area contributed by atoms with E-state index in [2.05, 4.69) is 30.0 Å². The number of benzene rings is 1. The molecule has 0 fully saturated rings. The van der Waals surface area contributed by atoms with E-state index in [0.717, 1.165) is 0 Å². The maximum atomic E-state index is 11.9. The molecule has 3 rings (SSSR count). The molecule has 0 unspecified atom stereocenters. The number of nitrogens with one attached hydrogen (secondary N) is 2. The lowest BCUT2D eigenvalue weighted by atomic mass is 10.2. The summed E-state index contributed by atoms with van der Waals surface area (Å²) in [5.74, 6) is -0.432. The molecule has 0 aliphatic heterocycles. The second-order valence-electron chi connectivity index (χ2n) is 4.79. The SMILES string of the molecule is COC(=O)c1cc2nc(SCC(=O)Nc3ncccn3)[nH]c2cc1Cl. The summed E-state index contributed by atoms with van der Waals surface area (Å²) in [7, 11) is 1.28. The summed E-state index contributed by atoms with van der Waals surface area (Å²) in [6.07, 6.45) is 3.08. The first-order valence-electron chi connectivity index (χ1n) is 7.04. The van der Waals surface area contributed by atoms with Gasteiger partial charge in [0.1, 0.15) is 0 Å². The standard InChI is InChI=1S/C15H12ClN5O3S/c1-24-13(23)8-5-10-11(6-9(8)16)20-15(19-10)25-7-12(22)21-14-17-3-2-4-18-14/h2-6H,7H2,1H3,(H,19,20)(H,17,18,21,22). The largest absolute Gasteiger partial charge is 0.465 e. The van der Waals surface area contributed by atoms with E-state index in [1.165, 1.54) is 31.3 Å². The maximum Gasteiger partial charge on any atom is 0.339 e. The van der Waals surface area contributed by atoms with Crippen molar-refractivity contribution in [3.63, 3.8) is 0 Å². The molecule has 2 heterocycles. The van der Waals surface area contributed by atoms with Crippen molar-refractivity contribution < 1.29 is 14.3 Å². The fourth-order valence-corrected chi connectivity index (χ4v) is 2.93. The van der Waals surface area contributed by atoms with Crippen molar-refractivity contribution in [1.82, 2.24) is 19.9 Å². The van der Waals surface area contributed by atoms with Crippen LogP contribution in [0.2, 0.25) is 5.02 Å². The second kappa shape index (κ2) is 7.49. The third kappa shape index (κ3) is 4.06. The Morgan fingerprint density at radius 2 is 2.08 bits per heavy atom. The predicted molar refractivity (Wildman–Crippen MR) is 93.8 cm³/mol. The van der Waals surface area contributed by atoms with Crippen molar-refractivity contribution >= 4 is 52.2 Å². The van der Waals surface area contributed by atoms with Gasteiger partial charge in [-0.1, -0.05) is 23.4 Å². The predicted octanol–water partition coefficient (Wildman–Crippen LogP) is 2.52. The van der Waals surface area contributed by atoms with Crippen molar-refractivity contribution in [3.05, 3.63) is 41.2 Å². The number of amides is 1. The van der Waals surface area contributed by atoms with Gasteiger partial charge in [-0.2, -0.15) is 0 Å². The Kier molecular flexibility index (Phi) is 5.15. The first-order valence-corrected chi connectivity index (χ1v) is 8.40. The molecule has 0 radical (unpaired) electrons. The number of halogens is 1. The van der Waals surface area contributed by atoms with Gasteiger partial charge in [0, 0.05) is 12.4 Å². The van der Waals surface area contributed by atoms with E-state index in [0.29, 0.717) is 16.2 Å². The molecule has 1 aromatic carbocycles. The Bertz CT molecular complexity index is 932. The van der Waals surface area contributed by atoms with E-state index in [1.807, 2.05) is 0 Å². The normalized spacial score (nSPS) is 10.6. The van der Waals surface area contributed by atoms with Gasteiger partial charge < -0.3 is 9.72 Å². The number of aromatic amines is 1. The number of hydrogen-bond donors (Lipinski definition) is 2. The minimum absolute atomic E-state index is 0.121. The average Bonchev–Trinajstić information content (AvgIpc) is 3.01. The molecule has 25 heavy (non-hydrogen) atoms. The summed E-state index contributed by atoms with van der Waals surface area (Å²) >= 11 is 7.28. The van der Waals surface area contributed by atoms with Gasteiger partial charge in [-0.15, -0.1) is 0 Å². The lowest BCUT2D eigenvalue weighted by Gasteiger charge is -2.01. The van der Waals surface area contributed by atoms with Gasteiger partial charge in [0.2, 0.25) is 11.9 Å². The Balaban J connectivity index is 1.70. The monoisotopic (exact) mass is 377 g/mol. The number of esters is 1. The molecule has 8 nitrogen and oxygen atoms in total. The molecule has 10 heteroatoms. The Hall–Kier alpha value is -2.65. The number of hydrogen-bond acceptors (Lipinski definition) is 7. The third-order valence-electron chi connectivity index (χ3n) is 3.11. The zero-order valence-electron chi connectivity index (χ0n) is 12.9. The number of thioether (sulfide) groups is 1. The summed E-state index contributed by atoms with van der Waals surface area (Å²) in [6.45, 7) is 0. The summed E-state index contributed by atoms with van der Waals surface area (Å²) in [6, 6.07) is 4.80. The van der Waals surface area contributed by atoms with Crippen molar-refractivity contribution in [3.8, 4) is 0 Å². The molecule has 0 atom stereocenters. The maximum absolute atomic E-state index is 11.9. The highest BCUT2D eigenvalue weighted by molar-refractivity contribution is 7.99. The molecule has 0 saturated carbocycles. The lowest BCUT2D eigenvalue weighted by Crippen LogP contribution is -2.15. The average molecular weight is 378 g/mol. The first kappa shape index (κ1) is 17.2. The van der Waals surface area contributed by atoms with E-state index in [4.69, 9.17) is 11.6 Å². The summed E-state index contributed by atoms with van der Waals surface area (Å²) in [5.41, 5.74) is 1.45. The number of H-pyrrole nitrogens is 1. The third-order valence-corrected chi connectivity index (χ3v) is 4.30. The Morgan fingerprint density at radius 3 is 2.80 bits per heavy atom. The molecule has 1 amide bonds. The zero-order valence-corrected chi connectivity index (χ0v) is 14.5. The fraction of sp³-hybridized carbons (Fsp3) is 0.133. The lowest BCUT2D eigenvalue weighted by molar-refractivity contribution is -0.113. The van der Waals surface area contributed by atoms with Crippen molar-refractivity contribution in [2.24, 2.45) is 0 Å². The Morgan fingerprint density at radius 1 is 1.32 bits per heavy atom. The van der Waals surface area contributed by atoms with Gasteiger partial charge in [-0.3, -0.25) is 10.1 Å². The van der Waals surface area contributed by atoms with Crippen LogP contribution in [0.4, 0.5) is 5.95 Å². The van der Waals surface area contributed by atoms with Gasteiger partial charge in [-0.25, -0.2) is 19.7 Å². The molecule has 2 aromatic heterocycles. The minimum atomic E-state index is -0.536. The first-order chi connectivity index (χ1) is 12.1. The van der Waals surface area contributed by atoms with E-state index in [9.17, 15) is 9.59 Å². The van der Waals surface area contributed by atoms with Crippen LogP contribution >= 0.6 is 23.4 Å². The highest BCUT2D eigenvalue weighted by Crippen LogP contribution is 2.26. The number of ether oxygens (including phenoxy) is 1. The number of anilines is 1. The van der Waals surface area contributed by atoms with Crippen LogP contribution in [0.1, 0.15) is 10.4 Å². The van der Waals surface area contributed by atoms with Crippen LogP contribution in [0.5, 0.6) is 0 Å². The number of nitrogens with zero attached hydrogens (tertiary/aromatic N) is 3. The molecule has 0 bridgehead atoms. The quantitative estimate of drug-likeness (QED) is 0.519. The molecular weight excluding hydrogens is 366 g/mol. The van der Waals surface area contributed by atoms with Crippen LogP contribution in [0.25, 0.3) is 11.0 Å². The molecule has 0 spiro atoms. The van der Waals surface area contributed by atoms with Crippen LogP contribution in [0.3, 0.4) is 0 Å². The van der Waals surface area contributed by atoms with Crippen LogP contribution in [0.15, 0.2) is 35.7 Å². The zero-order chi connectivity index (χ0) is 17.8. The van der Waals surface area contributed by atoms with Gasteiger partial charge >= 0.3 is 5.97 Å². The van der Waals surface area contributed by atoms with Gasteiger partial charge in [0.25, 0.3) is 0 Å². The van der Waals surface area contributed by atoms with Gasteiger partial charge in [0.05, 0.1) is 34.5 Å². The second-order valence-corrected chi connectivity index (χ2v) is 6.16. The Labute approximate surface area is 151 Å². The molecule has 3 aromatic rings. The fourth-order valence-electron chi connectivity index (χ4n) is 2.00. The van der Waals surface area contributed by atoms with Gasteiger partial charge in [-0.05, 0) is 18.2 Å². The highest BCUT2D eigenvalue weighted by atomic mass is 35.5. The summed E-state index contributed by atoms with van der Waals surface area (Å²) in [5, 5.41) is 3.37. The van der Waals surface area contributed by atoms with Crippen molar-refractivity contribution in [2.75, 3.05) is 18.2 Å². The summed E-state index contributed by atoms with van der Waals surface area (Å²) < 4.78 is 4.68. The number of aromatic nitrogens is 4. The highest BCUT2D eigenvalue weighted by Gasteiger charge is 2.15. The number of imidazole rings is 1. The van der Waals surface area contributed by atoms with Crippen molar-refractivity contribution in [1.29, 1.82) is 0 Å². The van der Waals surface area contributed by atoms with Gasteiger partial charge in [0.15, 0.2) is 5.16 Å². The molecule has 0 saturated heterocycles. The van der Waals surface area contributed by atoms with Crippen molar-refractivity contribution in [2.45, 2.75) is 5.16 Å². The van der Waals surface area contributed by atoms with Crippen LogP contribution < -0.4 is 5.32 Å². The molecular formula is C15H12ClN5O3S. The number of methoxy groups -OCH3 is 1. The molecule has 2 N–H and O–H groups in total. The van der Waals surface area contributed by atoms with Crippen LogP contribution in [0, 0.1) is 0 Å². The number of rotatable bonds is 5. The van der Waals surface area contributed by atoms with E-state index >= 15 is 0 Å². The minimum Gasteiger partial charge on any atom is -0.465 e. The number of fused-ring (bicyclic) bond motifs is 1. The van der Waals surface area contributed by atoms with E-state index in [1.54, 1.807) is 18.2 Å². The molecule has 0 aliphatic carbocycles. The topological polar surface area (TPSA) is 110 Å². The molecule has 128 valence electrons. The van der Waals surface area contributed by atoms with Crippen LogP contribution in [-0.2, 0) is 9.53 Å². The smallest absolute Gasteiger partial charge is 0.339 e. The summed E-state index contributed by atoms with van der Waals surface area (Å²) in [4.78, 5) is 38.8. The number of carbonyl (C=O) groups excluding carboxylic acids is 2. The van der Waals surface area contributed by atoms with E-state index < -0.39 is 5.97 Å². The van der Waals surface area contributed by atoms with Crippen LogP contribution in [-0.4, -0.2) is 44.7 Å². The number of carbonyl (C=O) groups is 2.